The number of anilines is 1. The van der Waals surface area contributed by atoms with Gasteiger partial charge in [0.1, 0.15) is 6.17 Å². The molecule has 0 aromatic heterocycles. The third-order valence-electron chi connectivity index (χ3n) is 2.49. The number of hydrogen-bond donors (Lipinski definition) is 3. The number of rotatable bonds is 5. The normalized spacial score (nSPS) is 12.4. The van der Waals surface area contributed by atoms with Crippen molar-refractivity contribution in [1.82, 2.24) is 10.6 Å². The molecule has 3 N–H and O–H groups in total. The molecule has 1 atom stereocenters. The van der Waals surface area contributed by atoms with Gasteiger partial charge < -0.3 is 16.0 Å². The Morgan fingerprint density at radius 1 is 1.23 bits per heavy atom. The summed E-state index contributed by atoms with van der Waals surface area (Å²) in [7, 11) is 0. The molecule has 0 aliphatic heterocycles. The van der Waals surface area contributed by atoms with Crippen LogP contribution in [0.4, 0.5) is 5.69 Å². The van der Waals surface area contributed by atoms with Gasteiger partial charge in [-0.05, 0) is 42.9 Å². The second-order valence-corrected chi connectivity index (χ2v) is 7.61. The molecule has 4 nitrogen and oxygen atoms in total. The van der Waals surface area contributed by atoms with Crippen molar-refractivity contribution in [3.8, 4) is 0 Å². The van der Waals surface area contributed by atoms with Crippen molar-refractivity contribution in [3.63, 3.8) is 0 Å². The minimum atomic E-state index is -1.75. The molecule has 0 bridgehead atoms. The van der Waals surface area contributed by atoms with Gasteiger partial charge in [0.2, 0.25) is 9.70 Å². The van der Waals surface area contributed by atoms with E-state index in [9.17, 15) is 4.79 Å². The Morgan fingerprint density at radius 3 is 2.32 bits per heavy atom. The molecule has 0 fully saturated rings. The molecule has 0 unspecified atom stereocenters. The van der Waals surface area contributed by atoms with Gasteiger partial charge in [-0.15, -0.1) is 0 Å². The molecular formula is C13H15Cl4N3OS. The fourth-order valence-corrected chi connectivity index (χ4v) is 2.18. The Balaban J connectivity index is 2.66. The second-order valence-electron chi connectivity index (χ2n) is 4.40. The van der Waals surface area contributed by atoms with Crippen molar-refractivity contribution in [1.29, 1.82) is 0 Å². The topological polar surface area (TPSA) is 53.2 Å². The van der Waals surface area contributed by atoms with Gasteiger partial charge in [-0.3, -0.25) is 4.79 Å². The summed E-state index contributed by atoms with van der Waals surface area (Å²) in [6, 6.07) is 6.91. The number of hydrogen-bond acceptors (Lipinski definition) is 2. The van der Waals surface area contributed by atoms with E-state index in [0.29, 0.717) is 23.6 Å². The maximum atomic E-state index is 11.7. The molecule has 0 spiro atoms. The van der Waals surface area contributed by atoms with Crippen molar-refractivity contribution in [3.05, 3.63) is 29.3 Å². The fraction of sp³-hybridized carbons (Fsp3) is 0.385. The van der Waals surface area contributed by atoms with Gasteiger partial charge >= 0.3 is 0 Å². The van der Waals surface area contributed by atoms with Crippen LogP contribution in [0, 0.1) is 0 Å². The monoisotopic (exact) mass is 401 g/mol. The summed E-state index contributed by atoms with van der Waals surface area (Å²) >= 11 is 28.5. The molecule has 1 rings (SSSR count). The van der Waals surface area contributed by atoms with Crippen LogP contribution >= 0.6 is 58.6 Å². The smallest absolute Gasteiger partial charge is 0.228 e. The van der Waals surface area contributed by atoms with E-state index in [1.165, 1.54) is 0 Å². The second kappa shape index (κ2) is 8.99. The largest absolute Gasteiger partial charge is 0.339 e. The van der Waals surface area contributed by atoms with Crippen LogP contribution in [0.2, 0.25) is 5.02 Å². The number of halogens is 4. The Hall–Kier alpha value is -0.460. The van der Waals surface area contributed by atoms with E-state index < -0.39 is 9.96 Å². The molecule has 0 heterocycles. The highest BCUT2D eigenvalue weighted by atomic mass is 35.6. The maximum Gasteiger partial charge on any atom is 0.228 e. The first-order valence-electron chi connectivity index (χ1n) is 6.41. The minimum absolute atomic E-state index is 0.204. The molecule has 1 aromatic rings. The van der Waals surface area contributed by atoms with Gasteiger partial charge in [-0.1, -0.05) is 53.3 Å². The summed E-state index contributed by atoms with van der Waals surface area (Å²) in [4.78, 5) is 11.7. The van der Waals surface area contributed by atoms with E-state index in [1.54, 1.807) is 24.3 Å². The zero-order chi connectivity index (χ0) is 16.8. The highest BCUT2D eigenvalue weighted by Gasteiger charge is 2.34. The van der Waals surface area contributed by atoms with E-state index in [1.807, 2.05) is 6.92 Å². The van der Waals surface area contributed by atoms with Gasteiger partial charge in [0.15, 0.2) is 5.11 Å². The van der Waals surface area contributed by atoms with Crippen LogP contribution in [0.15, 0.2) is 24.3 Å². The predicted octanol–water partition coefficient (Wildman–Crippen LogP) is 4.24. The summed E-state index contributed by atoms with van der Waals surface area (Å²) in [5, 5.41) is 9.08. The van der Waals surface area contributed by atoms with Crippen LogP contribution in [-0.2, 0) is 4.79 Å². The number of benzene rings is 1. The Bertz CT molecular complexity index is 519. The van der Waals surface area contributed by atoms with Crippen LogP contribution in [0.3, 0.4) is 0 Å². The predicted molar refractivity (Wildman–Crippen MR) is 97.9 cm³/mol. The molecule has 9 heteroatoms. The molecule has 0 saturated carbocycles. The zero-order valence-corrected chi connectivity index (χ0v) is 15.5. The van der Waals surface area contributed by atoms with Crippen molar-refractivity contribution < 1.29 is 4.79 Å². The first-order chi connectivity index (χ1) is 10.2. The molecule has 1 aromatic carbocycles. The van der Waals surface area contributed by atoms with Gasteiger partial charge in [0.25, 0.3) is 0 Å². The lowest BCUT2D eigenvalue weighted by molar-refractivity contribution is -0.121. The lowest BCUT2D eigenvalue weighted by Crippen LogP contribution is -2.56. The third-order valence-corrected chi connectivity index (χ3v) is 3.61. The van der Waals surface area contributed by atoms with Crippen molar-refractivity contribution in [2.24, 2.45) is 0 Å². The van der Waals surface area contributed by atoms with Crippen LogP contribution < -0.4 is 16.0 Å². The summed E-state index contributed by atoms with van der Waals surface area (Å²) in [6.45, 7) is 1.88. The number of thiocarbonyl (C=S) groups is 1. The molecule has 0 saturated heterocycles. The quantitative estimate of drug-likeness (QED) is 0.391. The number of nitrogens with one attached hydrogen (secondary N) is 3. The van der Waals surface area contributed by atoms with Crippen molar-refractivity contribution in [2.75, 3.05) is 5.32 Å². The summed E-state index contributed by atoms with van der Waals surface area (Å²) in [5.74, 6) is -0.236. The van der Waals surface area contributed by atoms with Gasteiger partial charge in [-0.2, -0.15) is 0 Å². The van der Waals surface area contributed by atoms with Crippen LogP contribution in [0.5, 0.6) is 0 Å². The summed E-state index contributed by atoms with van der Waals surface area (Å²) in [6.07, 6.45) is 0.0613. The third kappa shape index (κ3) is 7.20. The number of amides is 1. The standard InChI is InChI=1S/C13H15Cl4N3OS/c1-2-3-10(21)19-11(13(15,16)17)20-12(22)18-9-6-4-8(14)5-7-9/h4-7,11H,2-3H2,1H3,(H,19,21)(H2,18,20,22)/t11-/m0/s1. The Kier molecular flexibility index (Phi) is 8.00. The highest BCUT2D eigenvalue weighted by molar-refractivity contribution is 7.80. The van der Waals surface area contributed by atoms with Crippen molar-refractivity contribution in [2.45, 2.75) is 29.7 Å². The molecule has 0 aliphatic carbocycles. The Morgan fingerprint density at radius 2 is 1.82 bits per heavy atom. The van der Waals surface area contributed by atoms with E-state index in [4.69, 9.17) is 58.6 Å². The van der Waals surface area contributed by atoms with Crippen LogP contribution in [0.25, 0.3) is 0 Å². The minimum Gasteiger partial charge on any atom is -0.339 e. The van der Waals surface area contributed by atoms with E-state index in [2.05, 4.69) is 16.0 Å². The SMILES string of the molecule is CCCC(=O)N[C@@H](NC(=S)Nc1ccc(Cl)cc1)C(Cl)(Cl)Cl. The van der Waals surface area contributed by atoms with Gasteiger partial charge in [0, 0.05) is 17.1 Å². The fourth-order valence-electron chi connectivity index (χ4n) is 1.49. The van der Waals surface area contributed by atoms with Crippen LogP contribution in [-0.4, -0.2) is 21.0 Å². The van der Waals surface area contributed by atoms with E-state index >= 15 is 0 Å². The zero-order valence-electron chi connectivity index (χ0n) is 11.6. The molecule has 0 radical (unpaired) electrons. The molecule has 0 aliphatic rings. The van der Waals surface area contributed by atoms with Crippen molar-refractivity contribution >= 4 is 75.3 Å². The number of carbonyl (C=O) groups excluding carboxylic acids is 1. The average Bonchev–Trinajstić information content (AvgIpc) is 2.40. The highest BCUT2D eigenvalue weighted by Crippen LogP contribution is 2.29. The molecule has 22 heavy (non-hydrogen) atoms. The van der Waals surface area contributed by atoms with Crippen LogP contribution in [0.1, 0.15) is 19.8 Å². The lowest BCUT2D eigenvalue weighted by Gasteiger charge is -2.27. The van der Waals surface area contributed by atoms with Gasteiger partial charge in [0.05, 0.1) is 0 Å². The lowest BCUT2D eigenvalue weighted by atomic mass is 10.3. The Labute approximate surface area is 154 Å². The number of carbonyl (C=O) groups is 1. The number of alkyl halides is 3. The first-order valence-corrected chi connectivity index (χ1v) is 8.33. The maximum absolute atomic E-state index is 11.7. The molecule has 122 valence electrons. The molecular weight excluding hydrogens is 388 g/mol. The molecule has 1 amide bonds. The average molecular weight is 403 g/mol. The summed E-state index contributed by atoms with van der Waals surface area (Å²) in [5.41, 5.74) is 0.713. The van der Waals surface area contributed by atoms with E-state index in [0.717, 1.165) is 0 Å². The van der Waals surface area contributed by atoms with Gasteiger partial charge in [-0.25, -0.2) is 0 Å². The summed E-state index contributed by atoms with van der Waals surface area (Å²) < 4.78 is -1.75. The van der Waals surface area contributed by atoms with E-state index in [-0.39, 0.29) is 11.0 Å². The first kappa shape index (κ1) is 19.6.